The maximum absolute atomic E-state index is 10.5. The second kappa shape index (κ2) is 5.63. The molecule has 6 heteroatoms. The van der Waals surface area contributed by atoms with Gasteiger partial charge in [0.2, 0.25) is 0 Å². The van der Waals surface area contributed by atoms with Crippen molar-refractivity contribution in [1.82, 2.24) is 9.55 Å². The number of aryl methyl sites for hydroxylation is 2. The molecule has 0 bridgehead atoms. The van der Waals surface area contributed by atoms with Gasteiger partial charge in [0.1, 0.15) is 17.4 Å². The van der Waals surface area contributed by atoms with Crippen LogP contribution in [-0.2, 0) is 7.05 Å². The Hall–Kier alpha value is -2.79. The van der Waals surface area contributed by atoms with E-state index >= 15 is 0 Å². The largest absolute Gasteiger partial charge is 0.509 e. The monoisotopic (exact) mass is 352 g/mol. The van der Waals surface area contributed by atoms with Crippen molar-refractivity contribution in [2.24, 2.45) is 7.05 Å². The second-order valence-corrected chi connectivity index (χ2v) is 6.66. The molecule has 3 aromatic rings. The molecule has 0 aliphatic carbocycles. The van der Waals surface area contributed by atoms with Gasteiger partial charge in [0, 0.05) is 17.8 Å². The van der Waals surface area contributed by atoms with E-state index in [1.54, 1.807) is 17.0 Å². The molecular formula is C19H17ClN4O. The van der Waals surface area contributed by atoms with Gasteiger partial charge in [0.05, 0.1) is 23.2 Å². The molecule has 0 radical (unpaired) electrons. The SMILES string of the molecule is Cc1ccc2c(c1)nc(C1=C(O)CN(c3ccc(Cl)cc3)C1=N)n2C. The lowest BCUT2D eigenvalue weighted by Crippen LogP contribution is -2.26. The maximum Gasteiger partial charge on any atom is 0.148 e. The summed E-state index contributed by atoms with van der Waals surface area (Å²) in [6.45, 7) is 2.27. The third kappa shape index (κ3) is 2.48. The highest BCUT2D eigenvalue weighted by atomic mass is 35.5. The lowest BCUT2D eigenvalue weighted by molar-refractivity contribution is 0.411. The summed E-state index contributed by atoms with van der Waals surface area (Å²) in [5.74, 6) is 0.976. The number of amidine groups is 1. The van der Waals surface area contributed by atoms with Gasteiger partial charge in [-0.2, -0.15) is 0 Å². The second-order valence-electron chi connectivity index (χ2n) is 6.22. The Labute approximate surface area is 150 Å². The summed E-state index contributed by atoms with van der Waals surface area (Å²) in [5, 5.41) is 19.7. The molecule has 1 aliphatic heterocycles. The zero-order valence-electron chi connectivity index (χ0n) is 13.9. The first-order chi connectivity index (χ1) is 12.0. The van der Waals surface area contributed by atoms with Crippen LogP contribution >= 0.6 is 11.6 Å². The van der Waals surface area contributed by atoms with Crippen LogP contribution in [0.15, 0.2) is 48.2 Å². The van der Waals surface area contributed by atoms with E-state index in [9.17, 15) is 5.11 Å². The molecule has 5 nitrogen and oxygen atoms in total. The molecule has 1 aliphatic rings. The van der Waals surface area contributed by atoms with Crippen LogP contribution in [0, 0.1) is 12.3 Å². The smallest absolute Gasteiger partial charge is 0.148 e. The number of nitrogens with one attached hydrogen (secondary N) is 1. The molecule has 0 saturated carbocycles. The van der Waals surface area contributed by atoms with Gasteiger partial charge in [-0.1, -0.05) is 17.7 Å². The van der Waals surface area contributed by atoms with Crippen LogP contribution < -0.4 is 4.90 Å². The van der Waals surface area contributed by atoms with E-state index in [-0.39, 0.29) is 18.1 Å². The van der Waals surface area contributed by atoms with Crippen molar-refractivity contribution in [2.75, 3.05) is 11.4 Å². The Morgan fingerprint density at radius 3 is 2.60 bits per heavy atom. The average molecular weight is 353 g/mol. The average Bonchev–Trinajstić information content (AvgIpc) is 3.04. The van der Waals surface area contributed by atoms with Gasteiger partial charge in [-0.05, 0) is 48.9 Å². The zero-order chi connectivity index (χ0) is 17.7. The number of hydrogen-bond acceptors (Lipinski definition) is 3. The number of aromatic nitrogens is 2. The lowest BCUT2D eigenvalue weighted by Gasteiger charge is -2.18. The van der Waals surface area contributed by atoms with Crippen LogP contribution in [0.25, 0.3) is 16.6 Å². The standard InChI is InChI=1S/C19H17ClN4O/c1-11-3-8-15-14(9-11)22-19(23(15)2)17-16(25)10-24(18(17)21)13-6-4-12(20)5-7-13/h3-9,21,25H,10H2,1-2H3. The molecule has 126 valence electrons. The summed E-state index contributed by atoms with van der Waals surface area (Å²) in [4.78, 5) is 6.40. The third-order valence-corrected chi connectivity index (χ3v) is 4.75. The molecular weight excluding hydrogens is 336 g/mol. The van der Waals surface area contributed by atoms with Crippen molar-refractivity contribution < 1.29 is 5.11 Å². The van der Waals surface area contributed by atoms with Crippen molar-refractivity contribution >= 4 is 39.7 Å². The zero-order valence-corrected chi connectivity index (χ0v) is 14.7. The number of fused-ring (bicyclic) bond motifs is 1. The van der Waals surface area contributed by atoms with E-state index in [1.165, 1.54) is 0 Å². The number of imidazole rings is 1. The van der Waals surface area contributed by atoms with Gasteiger partial charge in [0.25, 0.3) is 0 Å². The van der Waals surface area contributed by atoms with Crippen LogP contribution in [0.4, 0.5) is 5.69 Å². The molecule has 2 N–H and O–H groups in total. The van der Waals surface area contributed by atoms with Crippen LogP contribution in [0.3, 0.4) is 0 Å². The summed E-state index contributed by atoms with van der Waals surface area (Å²) in [7, 11) is 1.90. The number of aliphatic hydroxyl groups is 1. The molecule has 0 unspecified atom stereocenters. The van der Waals surface area contributed by atoms with Crippen LogP contribution in [0.1, 0.15) is 11.4 Å². The highest BCUT2D eigenvalue weighted by molar-refractivity contribution is 6.31. The Kier molecular flexibility index (Phi) is 3.54. The van der Waals surface area contributed by atoms with Crippen LogP contribution in [0.2, 0.25) is 5.02 Å². The van der Waals surface area contributed by atoms with Gasteiger partial charge in [-0.3, -0.25) is 5.41 Å². The van der Waals surface area contributed by atoms with Crippen molar-refractivity contribution in [2.45, 2.75) is 6.92 Å². The number of rotatable bonds is 2. The first-order valence-corrected chi connectivity index (χ1v) is 8.31. The lowest BCUT2D eigenvalue weighted by atomic mass is 10.2. The topological polar surface area (TPSA) is 65.1 Å². The number of aliphatic hydroxyl groups excluding tert-OH is 1. The first-order valence-electron chi connectivity index (χ1n) is 7.93. The fourth-order valence-corrected chi connectivity index (χ4v) is 3.32. The summed E-state index contributed by atoms with van der Waals surface area (Å²) >= 11 is 5.94. The number of nitrogens with zero attached hydrogens (tertiary/aromatic N) is 3. The van der Waals surface area contributed by atoms with E-state index in [0.717, 1.165) is 22.3 Å². The Bertz CT molecular complexity index is 1030. The Morgan fingerprint density at radius 1 is 1.16 bits per heavy atom. The molecule has 1 aromatic heterocycles. The molecule has 0 fully saturated rings. The summed E-state index contributed by atoms with van der Waals surface area (Å²) in [6.07, 6.45) is 0. The highest BCUT2D eigenvalue weighted by Crippen LogP contribution is 2.32. The van der Waals surface area contributed by atoms with E-state index in [1.807, 2.05) is 48.9 Å². The molecule has 0 atom stereocenters. The molecule has 2 aromatic carbocycles. The molecule has 2 heterocycles. The predicted molar refractivity (Wildman–Crippen MR) is 102 cm³/mol. The first kappa shape index (κ1) is 15.7. The molecule has 4 rings (SSSR count). The predicted octanol–water partition coefficient (Wildman–Crippen LogP) is 4.30. The minimum Gasteiger partial charge on any atom is -0.509 e. The highest BCUT2D eigenvalue weighted by Gasteiger charge is 2.32. The maximum atomic E-state index is 10.5. The van der Waals surface area contributed by atoms with Gasteiger partial charge in [-0.15, -0.1) is 0 Å². The van der Waals surface area contributed by atoms with Crippen molar-refractivity contribution in [3.8, 4) is 0 Å². The van der Waals surface area contributed by atoms with E-state index < -0.39 is 0 Å². The summed E-state index contributed by atoms with van der Waals surface area (Å²) in [6, 6.07) is 13.3. The molecule has 0 amide bonds. The number of anilines is 1. The van der Waals surface area contributed by atoms with Crippen molar-refractivity contribution in [3.05, 3.63) is 64.6 Å². The molecule has 0 saturated heterocycles. The molecule has 25 heavy (non-hydrogen) atoms. The number of hydrogen-bond donors (Lipinski definition) is 2. The molecule has 0 spiro atoms. The summed E-state index contributed by atoms with van der Waals surface area (Å²) < 4.78 is 1.92. The minimum absolute atomic E-state index is 0.148. The number of benzene rings is 2. The Balaban J connectivity index is 1.78. The van der Waals surface area contributed by atoms with Gasteiger partial charge in [0.15, 0.2) is 0 Å². The van der Waals surface area contributed by atoms with E-state index in [4.69, 9.17) is 17.0 Å². The minimum atomic E-state index is 0.148. The Morgan fingerprint density at radius 2 is 1.88 bits per heavy atom. The number of halogens is 1. The fraction of sp³-hybridized carbons (Fsp3) is 0.158. The fourth-order valence-electron chi connectivity index (χ4n) is 3.19. The normalized spacial score (nSPS) is 14.8. The van der Waals surface area contributed by atoms with Gasteiger partial charge >= 0.3 is 0 Å². The van der Waals surface area contributed by atoms with E-state index in [0.29, 0.717) is 16.4 Å². The van der Waals surface area contributed by atoms with Crippen molar-refractivity contribution in [1.29, 1.82) is 5.41 Å². The van der Waals surface area contributed by atoms with Gasteiger partial charge in [-0.25, -0.2) is 4.98 Å². The quantitative estimate of drug-likeness (QED) is 0.722. The van der Waals surface area contributed by atoms with Crippen LogP contribution in [-0.4, -0.2) is 27.0 Å². The summed E-state index contributed by atoms with van der Waals surface area (Å²) in [5.41, 5.74) is 4.23. The van der Waals surface area contributed by atoms with E-state index in [2.05, 4.69) is 4.98 Å². The van der Waals surface area contributed by atoms with Crippen LogP contribution in [0.5, 0.6) is 0 Å². The van der Waals surface area contributed by atoms with Crippen molar-refractivity contribution in [3.63, 3.8) is 0 Å². The third-order valence-electron chi connectivity index (χ3n) is 4.50. The van der Waals surface area contributed by atoms with Gasteiger partial charge < -0.3 is 14.6 Å².